The van der Waals surface area contributed by atoms with Gasteiger partial charge < -0.3 is 14.4 Å². The summed E-state index contributed by atoms with van der Waals surface area (Å²) in [7, 11) is 0. The zero-order valence-corrected chi connectivity index (χ0v) is 16.9. The van der Waals surface area contributed by atoms with Gasteiger partial charge in [-0.15, -0.1) is 0 Å². The molecule has 1 spiro atoms. The number of ether oxygens (including phenoxy) is 2. The highest BCUT2D eigenvalue weighted by Gasteiger charge is 2.68. The Morgan fingerprint density at radius 3 is 2.37 bits per heavy atom. The monoisotopic (exact) mass is 403 g/mol. The summed E-state index contributed by atoms with van der Waals surface area (Å²) >= 11 is 0. The molecule has 2 fully saturated rings. The molecule has 3 aliphatic rings. The van der Waals surface area contributed by atoms with Crippen LogP contribution < -0.4 is 0 Å². The first-order valence-electron chi connectivity index (χ1n) is 10.6. The van der Waals surface area contributed by atoms with Crippen LogP contribution in [0.4, 0.5) is 0 Å². The molecule has 0 N–H and O–H groups in total. The minimum Gasteiger partial charge on any atom is -0.465 e. The highest BCUT2D eigenvalue weighted by atomic mass is 16.6. The van der Waals surface area contributed by atoms with Crippen LogP contribution in [0, 0.1) is 11.8 Å². The lowest BCUT2D eigenvalue weighted by Crippen LogP contribution is -2.40. The average Bonchev–Trinajstić information content (AvgIpc) is 3.42. The van der Waals surface area contributed by atoms with E-state index in [0.29, 0.717) is 13.2 Å². The zero-order chi connectivity index (χ0) is 20.7. The Bertz CT molecular complexity index is 934. The molecule has 2 bridgehead atoms. The number of fused-ring (bicyclic) bond motifs is 1. The van der Waals surface area contributed by atoms with Crippen LogP contribution in [-0.4, -0.2) is 41.6 Å². The number of hydrogen-bond donors (Lipinski definition) is 0. The maximum Gasteiger partial charge on any atom is 0.312 e. The zero-order valence-electron chi connectivity index (χ0n) is 16.9. The Morgan fingerprint density at radius 2 is 1.77 bits per heavy atom. The van der Waals surface area contributed by atoms with Gasteiger partial charge in [0.2, 0.25) is 5.91 Å². The van der Waals surface area contributed by atoms with E-state index >= 15 is 0 Å². The molecule has 2 saturated heterocycles. The summed E-state index contributed by atoms with van der Waals surface area (Å²) in [6.45, 7) is 2.74. The highest BCUT2D eigenvalue weighted by Crippen LogP contribution is 2.54. The van der Waals surface area contributed by atoms with Crippen molar-refractivity contribution in [3.05, 3.63) is 83.9 Å². The van der Waals surface area contributed by atoms with Crippen LogP contribution in [-0.2, 0) is 19.1 Å². The molecule has 3 heterocycles. The predicted molar refractivity (Wildman–Crippen MR) is 111 cm³/mol. The number of benzene rings is 2. The maximum absolute atomic E-state index is 13.8. The lowest BCUT2D eigenvalue weighted by molar-refractivity contribution is -0.154. The first-order chi connectivity index (χ1) is 14.6. The van der Waals surface area contributed by atoms with Gasteiger partial charge in [0.1, 0.15) is 11.5 Å². The molecule has 3 aliphatic heterocycles. The number of amides is 1. The first kappa shape index (κ1) is 19.1. The molecule has 0 aromatic heterocycles. The molecule has 154 valence electrons. The molecule has 2 aromatic rings. The van der Waals surface area contributed by atoms with Crippen molar-refractivity contribution in [2.75, 3.05) is 13.2 Å². The van der Waals surface area contributed by atoms with E-state index in [0.717, 1.165) is 17.5 Å². The van der Waals surface area contributed by atoms with Crippen molar-refractivity contribution < 1.29 is 19.1 Å². The SMILES string of the molecule is CCCOC(=O)C1C2C=CC3(CN(C(c4ccccc4)c4ccccc4)C(=O)C13)O2. The third-order valence-electron chi connectivity index (χ3n) is 6.39. The van der Waals surface area contributed by atoms with Gasteiger partial charge in [0.15, 0.2) is 0 Å². The fourth-order valence-electron chi connectivity index (χ4n) is 5.14. The van der Waals surface area contributed by atoms with Crippen LogP contribution in [0.25, 0.3) is 0 Å². The summed E-state index contributed by atoms with van der Waals surface area (Å²) in [5, 5.41) is 0. The van der Waals surface area contributed by atoms with Crippen LogP contribution in [0.2, 0.25) is 0 Å². The van der Waals surface area contributed by atoms with Crippen molar-refractivity contribution in [1.82, 2.24) is 4.90 Å². The molecule has 2 aromatic carbocycles. The molecule has 0 radical (unpaired) electrons. The van der Waals surface area contributed by atoms with Crippen molar-refractivity contribution >= 4 is 11.9 Å². The Balaban J connectivity index is 1.52. The minimum atomic E-state index is -0.751. The molecule has 4 unspecified atom stereocenters. The Labute approximate surface area is 176 Å². The third-order valence-corrected chi connectivity index (χ3v) is 6.39. The molecule has 1 amide bonds. The topological polar surface area (TPSA) is 55.8 Å². The van der Waals surface area contributed by atoms with Crippen molar-refractivity contribution in [3.8, 4) is 0 Å². The van der Waals surface area contributed by atoms with Crippen molar-refractivity contribution in [2.45, 2.75) is 31.1 Å². The molecular weight excluding hydrogens is 378 g/mol. The van der Waals surface area contributed by atoms with Gasteiger partial charge >= 0.3 is 5.97 Å². The molecule has 5 heteroatoms. The summed E-state index contributed by atoms with van der Waals surface area (Å²) in [6, 6.07) is 19.8. The van der Waals surface area contributed by atoms with Crippen molar-refractivity contribution in [3.63, 3.8) is 0 Å². The average molecular weight is 403 g/mol. The number of esters is 1. The standard InChI is InChI=1S/C25H25NO4/c1-2-15-29-24(28)20-19-13-14-25(30-19)16-26(23(27)21(20)25)22(17-9-5-3-6-10-17)18-11-7-4-8-12-18/h3-14,19-22H,2,15-16H2,1H3. The second kappa shape index (κ2) is 7.40. The second-order valence-corrected chi connectivity index (χ2v) is 8.26. The predicted octanol–water partition coefficient (Wildman–Crippen LogP) is 3.51. The van der Waals surface area contributed by atoms with Gasteiger partial charge in [0.05, 0.1) is 31.2 Å². The van der Waals surface area contributed by atoms with E-state index in [4.69, 9.17) is 9.47 Å². The van der Waals surface area contributed by atoms with E-state index in [-0.39, 0.29) is 24.0 Å². The summed E-state index contributed by atoms with van der Waals surface area (Å²) in [6.07, 6.45) is 4.28. The molecule has 4 atom stereocenters. The summed E-state index contributed by atoms with van der Waals surface area (Å²) in [5.41, 5.74) is 1.33. The number of carbonyl (C=O) groups excluding carboxylic acids is 2. The van der Waals surface area contributed by atoms with Gasteiger partial charge in [-0.05, 0) is 17.5 Å². The summed E-state index contributed by atoms with van der Waals surface area (Å²) < 4.78 is 11.7. The van der Waals surface area contributed by atoms with E-state index < -0.39 is 17.4 Å². The van der Waals surface area contributed by atoms with Crippen LogP contribution in [0.5, 0.6) is 0 Å². The number of carbonyl (C=O) groups is 2. The lowest BCUT2D eigenvalue weighted by Gasteiger charge is -2.31. The van der Waals surface area contributed by atoms with Gasteiger partial charge in [0, 0.05) is 0 Å². The summed E-state index contributed by atoms with van der Waals surface area (Å²) in [5.74, 6) is -1.49. The second-order valence-electron chi connectivity index (χ2n) is 8.26. The Morgan fingerprint density at radius 1 is 1.13 bits per heavy atom. The van der Waals surface area contributed by atoms with E-state index in [9.17, 15) is 9.59 Å². The van der Waals surface area contributed by atoms with Crippen molar-refractivity contribution in [2.24, 2.45) is 11.8 Å². The largest absolute Gasteiger partial charge is 0.465 e. The van der Waals surface area contributed by atoms with Crippen LogP contribution in [0.15, 0.2) is 72.8 Å². The molecular formula is C25H25NO4. The fourth-order valence-corrected chi connectivity index (χ4v) is 5.14. The molecule has 0 aliphatic carbocycles. The smallest absolute Gasteiger partial charge is 0.312 e. The molecule has 5 nitrogen and oxygen atoms in total. The van der Waals surface area contributed by atoms with Gasteiger partial charge in [0.25, 0.3) is 0 Å². The number of rotatable bonds is 6. The van der Waals surface area contributed by atoms with E-state index in [1.54, 1.807) is 0 Å². The quantitative estimate of drug-likeness (QED) is 0.547. The Hall–Kier alpha value is -2.92. The third kappa shape index (κ3) is 2.88. The molecule has 0 saturated carbocycles. The molecule has 30 heavy (non-hydrogen) atoms. The Kier molecular flexibility index (Phi) is 4.70. The minimum absolute atomic E-state index is 0.0435. The lowest BCUT2D eigenvalue weighted by atomic mass is 9.77. The maximum atomic E-state index is 13.8. The van der Waals surface area contributed by atoms with Gasteiger partial charge in [-0.3, -0.25) is 9.59 Å². The normalized spacial score (nSPS) is 28.9. The van der Waals surface area contributed by atoms with Gasteiger partial charge in [-0.25, -0.2) is 0 Å². The van der Waals surface area contributed by atoms with E-state index in [1.807, 2.05) is 84.6 Å². The summed E-state index contributed by atoms with van der Waals surface area (Å²) in [4.78, 5) is 28.4. The van der Waals surface area contributed by atoms with E-state index in [2.05, 4.69) is 0 Å². The highest BCUT2D eigenvalue weighted by molar-refractivity contribution is 5.91. The van der Waals surface area contributed by atoms with Crippen LogP contribution in [0.3, 0.4) is 0 Å². The number of hydrogen-bond acceptors (Lipinski definition) is 4. The van der Waals surface area contributed by atoms with Gasteiger partial charge in [-0.2, -0.15) is 0 Å². The van der Waals surface area contributed by atoms with Gasteiger partial charge in [-0.1, -0.05) is 79.7 Å². The fraction of sp³-hybridized carbons (Fsp3) is 0.360. The van der Waals surface area contributed by atoms with E-state index in [1.165, 1.54) is 0 Å². The first-order valence-corrected chi connectivity index (χ1v) is 10.6. The number of nitrogens with zero attached hydrogens (tertiary/aromatic N) is 1. The number of likely N-dealkylation sites (tertiary alicyclic amines) is 1. The van der Waals surface area contributed by atoms with Crippen LogP contribution in [0.1, 0.15) is 30.5 Å². The molecule has 5 rings (SSSR count). The van der Waals surface area contributed by atoms with Crippen molar-refractivity contribution in [1.29, 1.82) is 0 Å². The van der Waals surface area contributed by atoms with Crippen LogP contribution >= 0.6 is 0 Å².